The maximum Gasteiger partial charge on any atom is 0.0276 e. The van der Waals surface area contributed by atoms with Crippen LogP contribution in [0, 0.1) is 5.92 Å². The molecule has 0 aromatic rings. The standard InChI is InChI=1S/C9H17N/c1-7(2)9(10)8-5-3-4-6-8/h5,7,9H,3-4,6,10H2,1-2H3. The molecule has 0 amide bonds. The van der Waals surface area contributed by atoms with Crippen molar-refractivity contribution in [1.29, 1.82) is 0 Å². The van der Waals surface area contributed by atoms with Crippen molar-refractivity contribution in [2.24, 2.45) is 11.7 Å². The van der Waals surface area contributed by atoms with Gasteiger partial charge in [0.15, 0.2) is 0 Å². The minimum Gasteiger partial charge on any atom is -0.324 e. The molecule has 0 spiro atoms. The summed E-state index contributed by atoms with van der Waals surface area (Å²) in [7, 11) is 0. The SMILES string of the molecule is CC(C)C(N)C1=CCCC1. The van der Waals surface area contributed by atoms with E-state index < -0.39 is 0 Å². The van der Waals surface area contributed by atoms with Gasteiger partial charge in [-0.05, 0) is 25.2 Å². The van der Waals surface area contributed by atoms with Gasteiger partial charge in [0.1, 0.15) is 0 Å². The molecule has 0 heterocycles. The molecular formula is C9H17N. The second-order valence-electron chi connectivity index (χ2n) is 3.44. The van der Waals surface area contributed by atoms with Crippen molar-refractivity contribution in [2.75, 3.05) is 0 Å². The van der Waals surface area contributed by atoms with Crippen LogP contribution in [0.3, 0.4) is 0 Å². The summed E-state index contributed by atoms with van der Waals surface area (Å²) in [5, 5.41) is 0. The number of nitrogens with two attached hydrogens (primary N) is 1. The monoisotopic (exact) mass is 139 g/mol. The smallest absolute Gasteiger partial charge is 0.0276 e. The number of allylic oxidation sites excluding steroid dienone is 1. The molecule has 1 unspecified atom stereocenters. The lowest BCUT2D eigenvalue weighted by Crippen LogP contribution is -2.27. The largest absolute Gasteiger partial charge is 0.324 e. The zero-order chi connectivity index (χ0) is 7.56. The van der Waals surface area contributed by atoms with Crippen LogP contribution in [0.25, 0.3) is 0 Å². The Morgan fingerprint density at radius 2 is 2.20 bits per heavy atom. The Labute approximate surface area is 63.3 Å². The molecule has 1 aliphatic carbocycles. The van der Waals surface area contributed by atoms with E-state index >= 15 is 0 Å². The lowest BCUT2D eigenvalue weighted by molar-refractivity contribution is 0.539. The Balaban J connectivity index is 2.47. The predicted octanol–water partition coefficient (Wildman–Crippen LogP) is 2.08. The van der Waals surface area contributed by atoms with Crippen molar-refractivity contribution in [3.63, 3.8) is 0 Å². The fourth-order valence-corrected chi connectivity index (χ4v) is 1.43. The molecule has 0 aromatic heterocycles. The summed E-state index contributed by atoms with van der Waals surface area (Å²) in [6, 6.07) is 0.322. The lowest BCUT2D eigenvalue weighted by atomic mass is 9.97. The summed E-state index contributed by atoms with van der Waals surface area (Å²) in [4.78, 5) is 0. The molecule has 0 fully saturated rings. The fraction of sp³-hybridized carbons (Fsp3) is 0.778. The first-order valence-electron chi connectivity index (χ1n) is 4.16. The van der Waals surface area contributed by atoms with E-state index in [1.54, 1.807) is 0 Å². The van der Waals surface area contributed by atoms with Crippen LogP contribution in [0.2, 0.25) is 0 Å². The van der Waals surface area contributed by atoms with Crippen molar-refractivity contribution >= 4 is 0 Å². The Kier molecular flexibility index (Phi) is 2.50. The van der Waals surface area contributed by atoms with E-state index in [2.05, 4.69) is 19.9 Å². The molecular weight excluding hydrogens is 122 g/mol. The highest BCUT2D eigenvalue weighted by Gasteiger charge is 2.15. The van der Waals surface area contributed by atoms with Crippen molar-refractivity contribution in [1.82, 2.24) is 0 Å². The first-order chi connectivity index (χ1) is 4.72. The van der Waals surface area contributed by atoms with Crippen LogP contribution in [0.4, 0.5) is 0 Å². The van der Waals surface area contributed by atoms with Gasteiger partial charge in [0.25, 0.3) is 0 Å². The van der Waals surface area contributed by atoms with Crippen molar-refractivity contribution in [3.8, 4) is 0 Å². The van der Waals surface area contributed by atoms with Crippen LogP contribution in [0.1, 0.15) is 33.1 Å². The van der Waals surface area contributed by atoms with Gasteiger partial charge in [0.2, 0.25) is 0 Å². The van der Waals surface area contributed by atoms with Crippen molar-refractivity contribution in [2.45, 2.75) is 39.2 Å². The molecule has 1 aliphatic rings. The minimum atomic E-state index is 0.322. The van der Waals surface area contributed by atoms with Crippen molar-refractivity contribution in [3.05, 3.63) is 11.6 Å². The predicted molar refractivity (Wildman–Crippen MR) is 44.7 cm³/mol. The third-order valence-corrected chi connectivity index (χ3v) is 2.22. The Morgan fingerprint density at radius 3 is 2.60 bits per heavy atom. The van der Waals surface area contributed by atoms with Gasteiger partial charge < -0.3 is 5.73 Å². The Bertz CT molecular complexity index is 136. The molecule has 0 bridgehead atoms. The molecule has 1 heteroatoms. The number of hydrogen-bond acceptors (Lipinski definition) is 1. The summed E-state index contributed by atoms with van der Waals surface area (Å²) < 4.78 is 0. The van der Waals surface area contributed by atoms with Crippen LogP contribution in [0.15, 0.2) is 11.6 Å². The topological polar surface area (TPSA) is 26.0 Å². The Morgan fingerprint density at radius 1 is 1.50 bits per heavy atom. The number of rotatable bonds is 2. The van der Waals surface area contributed by atoms with Gasteiger partial charge in [0.05, 0.1) is 0 Å². The molecule has 0 aromatic carbocycles. The minimum absolute atomic E-state index is 0.322. The first-order valence-corrected chi connectivity index (χ1v) is 4.16. The lowest BCUT2D eigenvalue weighted by Gasteiger charge is -2.16. The van der Waals surface area contributed by atoms with Gasteiger partial charge in [-0.25, -0.2) is 0 Å². The average Bonchev–Trinajstić information content (AvgIpc) is 2.36. The van der Waals surface area contributed by atoms with Gasteiger partial charge in [-0.3, -0.25) is 0 Å². The van der Waals surface area contributed by atoms with Crippen molar-refractivity contribution < 1.29 is 0 Å². The zero-order valence-corrected chi connectivity index (χ0v) is 6.93. The highest BCUT2D eigenvalue weighted by molar-refractivity contribution is 5.14. The molecule has 0 aliphatic heterocycles. The molecule has 58 valence electrons. The van der Waals surface area contributed by atoms with E-state index in [-0.39, 0.29) is 0 Å². The van der Waals surface area contributed by atoms with E-state index in [1.807, 2.05) is 0 Å². The second kappa shape index (κ2) is 3.20. The van der Waals surface area contributed by atoms with Gasteiger partial charge >= 0.3 is 0 Å². The van der Waals surface area contributed by atoms with Gasteiger partial charge in [-0.15, -0.1) is 0 Å². The van der Waals surface area contributed by atoms with Gasteiger partial charge in [-0.2, -0.15) is 0 Å². The van der Waals surface area contributed by atoms with E-state index in [0.717, 1.165) is 0 Å². The molecule has 1 rings (SSSR count). The average molecular weight is 139 g/mol. The molecule has 1 atom stereocenters. The third-order valence-electron chi connectivity index (χ3n) is 2.22. The number of hydrogen-bond donors (Lipinski definition) is 1. The van der Waals surface area contributed by atoms with E-state index in [9.17, 15) is 0 Å². The second-order valence-corrected chi connectivity index (χ2v) is 3.44. The maximum absolute atomic E-state index is 5.95. The van der Waals surface area contributed by atoms with E-state index in [1.165, 1.54) is 24.8 Å². The van der Waals surface area contributed by atoms with E-state index in [4.69, 9.17) is 5.73 Å². The van der Waals surface area contributed by atoms with Gasteiger partial charge in [0, 0.05) is 6.04 Å². The van der Waals surface area contributed by atoms with Crippen LogP contribution in [-0.2, 0) is 0 Å². The van der Waals surface area contributed by atoms with Crippen LogP contribution >= 0.6 is 0 Å². The Hall–Kier alpha value is -0.300. The summed E-state index contributed by atoms with van der Waals surface area (Å²) in [5.41, 5.74) is 7.43. The molecule has 0 saturated carbocycles. The van der Waals surface area contributed by atoms with Crippen LogP contribution in [0.5, 0.6) is 0 Å². The molecule has 10 heavy (non-hydrogen) atoms. The highest BCUT2D eigenvalue weighted by Crippen LogP contribution is 2.22. The summed E-state index contributed by atoms with van der Waals surface area (Å²) in [5.74, 6) is 0.601. The molecule has 0 radical (unpaired) electrons. The zero-order valence-electron chi connectivity index (χ0n) is 6.93. The fourth-order valence-electron chi connectivity index (χ4n) is 1.43. The first kappa shape index (κ1) is 7.80. The third kappa shape index (κ3) is 1.60. The summed E-state index contributed by atoms with van der Waals surface area (Å²) >= 11 is 0. The van der Waals surface area contributed by atoms with Gasteiger partial charge in [-0.1, -0.05) is 25.5 Å². The maximum atomic E-state index is 5.95. The summed E-state index contributed by atoms with van der Waals surface area (Å²) in [6.07, 6.45) is 6.11. The van der Waals surface area contributed by atoms with Crippen LogP contribution in [-0.4, -0.2) is 6.04 Å². The van der Waals surface area contributed by atoms with E-state index in [0.29, 0.717) is 12.0 Å². The molecule has 2 N–H and O–H groups in total. The van der Waals surface area contributed by atoms with Crippen LogP contribution < -0.4 is 5.73 Å². The quantitative estimate of drug-likeness (QED) is 0.582. The molecule has 1 nitrogen and oxygen atoms in total. The molecule has 0 saturated heterocycles. The summed E-state index contributed by atoms with van der Waals surface area (Å²) in [6.45, 7) is 4.37. The highest BCUT2D eigenvalue weighted by atomic mass is 14.6. The normalized spacial score (nSPS) is 21.4.